The average Bonchev–Trinajstić information content (AvgIpc) is 2.37. The number of aliphatic hydroxyl groups is 1. The van der Waals surface area contributed by atoms with Crippen LogP contribution in [0.25, 0.3) is 0 Å². The van der Waals surface area contributed by atoms with Gasteiger partial charge in [0.05, 0.1) is 19.3 Å². The predicted molar refractivity (Wildman–Crippen MR) is 79.3 cm³/mol. The largest absolute Gasteiger partial charge is 0.393 e. The van der Waals surface area contributed by atoms with E-state index in [2.05, 4.69) is 36.2 Å². The van der Waals surface area contributed by atoms with Crippen molar-refractivity contribution in [3.63, 3.8) is 0 Å². The van der Waals surface area contributed by atoms with Crippen LogP contribution < -0.4 is 10.2 Å². The lowest BCUT2D eigenvalue weighted by molar-refractivity contribution is 0.0421. The van der Waals surface area contributed by atoms with Crippen molar-refractivity contribution >= 4 is 11.6 Å². The van der Waals surface area contributed by atoms with Crippen LogP contribution in [0.5, 0.6) is 0 Å². The highest BCUT2D eigenvalue weighted by atomic mass is 16.5. The van der Waals surface area contributed by atoms with Gasteiger partial charge in [-0.05, 0) is 44.4 Å². The number of nitrogens with zero attached hydrogens (tertiary/aromatic N) is 2. The van der Waals surface area contributed by atoms with Crippen molar-refractivity contribution in [3.05, 3.63) is 17.7 Å². The quantitative estimate of drug-likeness (QED) is 0.878. The minimum Gasteiger partial charge on any atom is -0.393 e. The van der Waals surface area contributed by atoms with Crippen molar-refractivity contribution in [2.45, 2.75) is 38.3 Å². The predicted octanol–water partition coefficient (Wildman–Crippen LogP) is 1.55. The Hall–Kier alpha value is -1.33. The third-order valence-corrected chi connectivity index (χ3v) is 4.09. The molecule has 5 nitrogen and oxygen atoms in total. The molecule has 3 rings (SSSR count). The van der Waals surface area contributed by atoms with Gasteiger partial charge in [0.1, 0.15) is 11.6 Å². The summed E-state index contributed by atoms with van der Waals surface area (Å²) in [6.45, 7) is 7.55. The molecule has 2 heterocycles. The molecule has 110 valence electrons. The molecule has 0 bridgehead atoms. The molecule has 2 N–H and O–H groups in total. The van der Waals surface area contributed by atoms with Gasteiger partial charge in [-0.2, -0.15) is 0 Å². The molecule has 1 saturated carbocycles. The summed E-state index contributed by atoms with van der Waals surface area (Å²) in [5, 5.41) is 13.0. The van der Waals surface area contributed by atoms with E-state index in [0.717, 1.165) is 50.8 Å². The smallest absolute Gasteiger partial charge is 0.131 e. The first kappa shape index (κ1) is 13.6. The Labute approximate surface area is 120 Å². The second-order valence-corrected chi connectivity index (χ2v) is 6.24. The van der Waals surface area contributed by atoms with E-state index in [1.807, 2.05) is 0 Å². The number of aromatic nitrogens is 1. The fourth-order valence-corrected chi connectivity index (χ4v) is 3.06. The zero-order valence-corrected chi connectivity index (χ0v) is 12.2. The van der Waals surface area contributed by atoms with Crippen LogP contribution >= 0.6 is 0 Å². The SMILES string of the molecule is Cc1cc(NC2(C)CC(O)C2)nc(N2CCOCC2)c1. The number of rotatable bonds is 3. The molecular formula is C15H23N3O2. The Balaban J connectivity index is 1.76. The number of hydrogen-bond donors (Lipinski definition) is 2. The molecule has 0 spiro atoms. The molecule has 1 aliphatic carbocycles. The van der Waals surface area contributed by atoms with E-state index in [9.17, 15) is 5.11 Å². The third kappa shape index (κ3) is 2.88. The maximum Gasteiger partial charge on any atom is 0.131 e. The first-order valence-corrected chi connectivity index (χ1v) is 7.32. The summed E-state index contributed by atoms with van der Waals surface area (Å²) >= 11 is 0. The third-order valence-electron chi connectivity index (χ3n) is 4.09. The van der Waals surface area contributed by atoms with Gasteiger partial charge in [0, 0.05) is 18.6 Å². The van der Waals surface area contributed by atoms with Gasteiger partial charge in [-0.25, -0.2) is 4.98 Å². The van der Waals surface area contributed by atoms with Crippen LogP contribution in [0.2, 0.25) is 0 Å². The summed E-state index contributed by atoms with van der Waals surface area (Å²) in [6.07, 6.45) is 1.40. The van der Waals surface area contributed by atoms with Gasteiger partial charge < -0.3 is 20.1 Å². The van der Waals surface area contributed by atoms with Crippen molar-refractivity contribution in [3.8, 4) is 0 Å². The summed E-state index contributed by atoms with van der Waals surface area (Å²) in [6, 6.07) is 4.19. The maximum atomic E-state index is 9.49. The molecule has 1 aromatic rings. The van der Waals surface area contributed by atoms with E-state index in [-0.39, 0.29) is 11.6 Å². The van der Waals surface area contributed by atoms with Gasteiger partial charge in [0.2, 0.25) is 0 Å². The molecule has 1 saturated heterocycles. The average molecular weight is 277 g/mol. The van der Waals surface area contributed by atoms with E-state index in [4.69, 9.17) is 9.72 Å². The molecule has 2 aliphatic rings. The molecule has 20 heavy (non-hydrogen) atoms. The Morgan fingerprint density at radius 1 is 1.35 bits per heavy atom. The highest BCUT2D eigenvalue weighted by Gasteiger charge is 2.39. The topological polar surface area (TPSA) is 57.6 Å². The van der Waals surface area contributed by atoms with Gasteiger partial charge >= 0.3 is 0 Å². The van der Waals surface area contributed by atoms with E-state index in [0.29, 0.717) is 0 Å². The van der Waals surface area contributed by atoms with Crippen LogP contribution in [0.4, 0.5) is 11.6 Å². The van der Waals surface area contributed by atoms with Crippen LogP contribution in [-0.2, 0) is 4.74 Å². The number of aryl methyl sites for hydroxylation is 1. The van der Waals surface area contributed by atoms with Crippen molar-refractivity contribution < 1.29 is 9.84 Å². The number of pyridine rings is 1. The van der Waals surface area contributed by atoms with E-state index < -0.39 is 0 Å². The van der Waals surface area contributed by atoms with E-state index >= 15 is 0 Å². The van der Waals surface area contributed by atoms with Crippen molar-refractivity contribution in [2.75, 3.05) is 36.5 Å². The maximum absolute atomic E-state index is 9.49. The number of aliphatic hydroxyl groups excluding tert-OH is 1. The van der Waals surface area contributed by atoms with Crippen LogP contribution in [0.15, 0.2) is 12.1 Å². The molecule has 5 heteroatoms. The van der Waals surface area contributed by atoms with E-state index in [1.165, 1.54) is 5.56 Å². The highest BCUT2D eigenvalue weighted by Crippen LogP contribution is 2.35. The summed E-state index contributed by atoms with van der Waals surface area (Å²) in [5.74, 6) is 1.92. The van der Waals surface area contributed by atoms with Gasteiger partial charge in [0.15, 0.2) is 0 Å². The van der Waals surface area contributed by atoms with E-state index in [1.54, 1.807) is 0 Å². The van der Waals surface area contributed by atoms with Crippen LogP contribution in [-0.4, -0.2) is 48.0 Å². The Kier molecular flexibility index (Phi) is 3.56. The summed E-state index contributed by atoms with van der Waals surface area (Å²) in [4.78, 5) is 6.99. The first-order chi connectivity index (χ1) is 9.54. The molecule has 0 aromatic carbocycles. The van der Waals surface area contributed by atoms with Gasteiger partial charge in [-0.15, -0.1) is 0 Å². The number of nitrogens with one attached hydrogen (secondary N) is 1. The minimum atomic E-state index is -0.170. The standard InChI is InChI=1S/C15H23N3O2/c1-11-7-13(17-15(2)9-12(19)10-15)16-14(8-11)18-3-5-20-6-4-18/h7-8,12,19H,3-6,9-10H2,1-2H3,(H,16,17). The Morgan fingerprint density at radius 2 is 2.05 bits per heavy atom. The molecule has 0 atom stereocenters. The van der Waals surface area contributed by atoms with Crippen molar-refractivity contribution in [1.29, 1.82) is 0 Å². The zero-order chi connectivity index (χ0) is 14.2. The van der Waals surface area contributed by atoms with Crippen LogP contribution in [0.3, 0.4) is 0 Å². The summed E-state index contributed by atoms with van der Waals surface area (Å²) < 4.78 is 5.39. The van der Waals surface area contributed by atoms with Crippen molar-refractivity contribution in [1.82, 2.24) is 4.98 Å². The molecular weight excluding hydrogens is 254 g/mol. The molecule has 0 radical (unpaired) electrons. The Morgan fingerprint density at radius 3 is 2.70 bits per heavy atom. The molecule has 0 amide bonds. The fraction of sp³-hybridized carbons (Fsp3) is 0.667. The molecule has 1 aromatic heterocycles. The lowest BCUT2D eigenvalue weighted by atomic mass is 9.76. The normalized spacial score (nSPS) is 29.9. The molecule has 0 unspecified atom stereocenters. The second kappa shape index (κ2) is 5.22. The number of morpholine rings is 1. The number of anilines is 2. The fourth-order valence-electron chi connectivity index (χ4n) is 3.06. The second-order valence-electron chi connectivity index (χ2n) is 6.24. The number of ether oxygens (including phenoxy) is 1. The van der Waals surface area contributed by atoms with Gasteiger partial charge in [-0.3, -0.25) is 0 Å². The lowest BCUT2D eigenvalue weighted by Crippen LogP contribution is -2.50. The van der Waals surface area contributed by atoms with Crippen molar-refractivity contribution in [2.24, 2.45) is 0 Å². The first-order valence-electron chi connectivity index (χ1n) is 7.32. The monoisotopic (exact) mass is 277 g/mol. The zero-order valence-electron chi connectivity index (χ0n) is 12.2. The molecule has 2 fully saturated rings. The number of hydrogen-bond acceptors (Lipinski definition) is 5. The van der Waals surface area contributed by atoms with Gasteiger partial charge in [-0.1, -0.05) is 0 Å². The summed E-state index contributed by atoms with van der Waals surface area (Å²) in [7, 11) is 0. The van der Waals surface area contributed by atoms with Gasteiger partial charge in [0.25, 0.3) is 0 Å². The van der Waals surface area contributed by atoms with Crippen LogP contribution in [0.1, 0.15) is 25.3 Å². The lowest BCUT2D eigenvalue weighted by Gasteiger charge is -2.43. The molecule has 1 aliphatic heterocycles. The highest BCUT2D eigenvalue weighted by molar-refractivity contribution is 5.51. The Bertz CT molecular complexity index is 480. The van der Waals surface area contributed by atoms with Crippen LogP contribution in [0, 0.1) is 6.92 Å². The minimum absolute atomic E-state index is 0.0253. The summed E-state index contributed by atoms with van der Waals surface area (Å²) in [5.41, 5.74) is 1.18.